The van der Waals surface area contributed by atoms with Crippen molar-refractivity contribution in [3.05, 3.63) is 28.2 Å². The summed E-state index contributed by atoms with van der Waals surface area (Å²) in [5.74, 6) is 0.615. The number of amides is 1. The minimum atomic E-state index is -0.0407. The molecule has 0 unspecified atom stereocenters. The molecule has 0 spiro atoms. The molecule has 0 bridgehead atoms. The van der Waals surface area contributed by atoms with Crippen molar-refractivity contribution in [1.82, 2.24) is 10.6 Å². The Morgan fingerprint density at radius 1 is 1.30 bits per heavy atom. The van der Waals surface area contributed by atoms with E-state index in [0.29, 0.717) is 32.1 Å². The molecule has 1 aromatic carbocycles. The van der Waals surface area contributed by atoms with Gasteiger partial charge in [0.15, 0.2) is 5.96 Å². The number of ether oxygens (including phenoxy) is 1. The molecule has 0 atom stereocenters. The Balaban J connectivity index is 0.00000484. The molecule has 1 rings (SSSR count). The number of benzene rings is 1. The second kappa shape index (κ2) is 12.5. The number of anilines is 1. The van der Waals surface area contributed by atoms with Gasteiger partial charge in [0.25, 0.3) is 0 Å². The number of halogens is 2. The van der Waals surface area contributed by atoms with E-state index in [9.17, 15) is 4.79 Å². The smallest absolute Gasteiger partial charge is 0.226 e. The van der Waals surface area contributed by atoms with Crippen LogP contribution in [0.5, 0.6) is 0 Å². The molecule has 1 aromatic rings. The van der Waals surface area contributed by atoms with Gasteiger partial charge in [-0.1, -0.05) is 22.0 Å². The lowest BCUT2D eigenvalue weighted by Crippen LogP contribution is -2.40. The number of aryl methyl sites for hydroxylation is 1. The first kappa shape index (κ1) is 22.1. The molecular weight excluding hydrogens is 475 g/mol. The highest BCUT2D eigenvalue weighted by Crippen LogP contribution is 2.20. The number of carbonyl (C=O) groups excluding carboxylic acids is 1. The van der Waals surface area contributed by atoms with Gasteiger partial charge in [-0.25, -0.2) is 0 Å². The SMILES string of the molecule is CN=C(NCCOC)NCCC(=O)Nc1cc(Br)ccc1C.I. The van der Waals surface area contributed by atoms with Crippen molar-refractivity contribution < 1.29 is 9.53 Å². The van der Waals surface area contributed by atoms with Crippen LogP contribution in [0.25, 0.3) is 0 Å². The third-order valence-corrected chi connectivity index (χ3v) is 3.43. The maximum Gasteiger partial charge on any atom is 0.226 e. The van der Waals surface area contributed by atoms with Crippen LogP contribution in [0.1, 0.15) is 12.0 Å². The molecule has 1 amide bonds. The Labute approximate surface area is 163 Å². The Morgan fingerprint density at radius 3 is 2.65 bits per heavy atom. The lowest BCUT2D eigenvalue weighted by molar-refractivity contribution is -0.116. The minimum absolute atomic E-state index is 0. The van der Waals surface area contributed by atoms with Gasteiger partial charge >= 0.3 is 0 Å². The molecule has 130 valence electrons. The van der Waals surface area contributed by atoms with Gasteiger partial charge in [-0.15, -0.1) is 24.0 Å². The van der Waals surface area contributed by atoms with Crippen LogP contribution in [0.4, 0.5) is 5.69 Å². The molecule has 23 heavy (non-hydrogen) atoms. The lowest BCUT2D eigenvalue weighted by Gasteiger charge is -2.12. The highest BCUT2D eigenvalue weighted by Gasteiger charge is 2.06. The highest BCUT2D eigenvalue weighted by molar-refractivity contribution is 14.0. The predicted octanol–water partition coefficient (Wildman–Crippen LogP) is 2.52. The molecular formula is C15H24BrIN4O2. The second-order valence-corrected chi connectivity index (χ2v) is 5.59. The van der Waals surface area contributed by atoms with Gasteiger partial charge in [0.2, 0.25) is 5.91 Å². The first-order valence-electron chi connectivity index (χ1n) is 7.06. The molecule has 0 fully saturated rings. The molecule has 0 aliphatic heterocycles. The third kappa shape index (κ3) is 9.11. The summed E-state index contributed by atoms with van der Waals surface area (Å²) < 4.78 is 5.89. The summed E-state index contributed by atoms with van der Waals surface area (Å²) in [5, 5.41) is 9.08. The van der Waals surface area contributed by atoms with E-state index < -0.39 is 0 Å². The summed E-state index contributed by atoms with van der Waals surface area (Å²) in [4.78, 5) is 16.0. The maximum absolute atomic E-state index is 12.0. The second-order valence-electron chi connectivity index (χ2n) is 4.68. The van der Waals surface area contributed by atoms with E-state index in [4.69, 9.17) is 4.74 Å². The molecule has 3 N–H and O–H groups in total. The minimum Gasteiger partial charge on any atom is -0.383 e. The van der Waals surface area contributed by atoms with Crippen molar-refractivity contribution in [2.45, 2.75) is 13.3 Å². The number of hydrogen-bond acceptors (Lipinski definition) is 3. The van der Waals surface area contributed by atoms with Gasteiger partial charge in [0.05, 0.1) is 6.61 Å². The Kier molecular flexibility index (Phi) is 12.1. The van der Waals surface area contributed by atoms with Crippen LogP contribution in [-0.4, -0.2) is 45.7 Å². The Bertz CT molecular complexity index is 526. The molecule has 6 nitrogen and oxygen atoms in total. The number of guanidine groups is 1. The fraction of sp³-hybridized carbons (Fsp3) is 0.467. The lowest BCUT2D eigenvalue weighted by atomic mass is 10.2. The van der Waals surface area contributed by atoms with Crippen molar-refractivity contribution in [2.75, 3.05) is 39.2 Å². The first-order chi connectivity index (χ1) is 10.6. The van der Waals surface area contributed by atoms with Gasteiger partial charge in [0.1, 0.15) is 0 Å². The van der Waals surface area contributed by atoms with Crippen molar-refractivity contribution in [2.24, 2.45) is 4.99 Å². The summed E-state index contributed by atoms with van der Waals surface area (Å²) in [6.45, 7) is 3.73. The van der Waals surface area contributed by atoms with E-state index in [-0.39, 0.29) is 29.9 Å². The zero-order valence-corrected chi connectivity index (χ0v) is 17.5. The molecule has 0 saturated carbocycles. The maximum atomic E-state index is 12.0. The van der Waals surface area contributed by atoms with Gasteiger partial charge in [-0.2, -0.15) is 0 Å². The monoisotopic (exact) mass is 498 g/mol. The zero-order chi connectivity index (χ0) is 16.4. The summed E-state index contributed by atoms with van der Waals surface area (Å²) in [7, 11) is 3.33. The number of carbonyl (C=O) groups is 1. The number of nitrogens with one attached hydrogen (secondary N) is 3. The van der Waals surface area contributed by atoms with Crippen molar-refractivity contribution in [1.29, 1.82) is 0 Å². The third-order valence-electron chi connectivity index (χ3n) is 2.94. The summed E-state index contributed by atoms with van der Waals surface area (Å²) >= 11 is 3.40. The van der Waals surface area contributed by atoms with Gasteiger partial charge in [0, 0.05) is 43.8 Å². The molecule has 0 aliphatic carbocycles. The summed E-state index contributed by atoms with van der Waals surface area (Å²) in [6.07, 6.45) is 0.358. The van der Waals surface area contributed by atoms with Crippen LogP contribution in [0.15, 0.2) is 27.7 Å². The van der Waals surface area contributed by atoms with Gasteiger partial charge in [-0.05, 0) is 24.6 Å². The fourth-order valence-corrected chi connectivity index (χ4v) is 2.09. The Hall–Kier alpha value is -0.870. The fourth-order valence-electron chi connectivity index (χ4n) is 1.73. The number of nitrogens with zero attached hydrogens (tertiary/aromatic N) is 1. The summed E-state index contributed by atoms with van der Waals surface area (Å²) in [5.41, 5.74) is 1.85. The van der Waals surface area contributed by atoms with Gasteiger partial charge < -0.3 is 20.7 Å². The van der Waals surface area contributed by atoms with E-state index in [0.717, 1.165) is 15.7 Å². The van der Waals surface area contributed by atoms with Crippen LogP contribution in [0.3, 0.4) is 0 Å². The Morgan fingerprint density at radius 2 is 2.00 bits per heavy atom. The van der Waals surface area contributed by atoms with Crippen molar-refractivity contribution >= 4 is 57.5 Å². The van der Waals surface area contributed by atoms with Crippen LogP contribution in [0.2, 0.25) is 0 Å². The predicted molar refractivity (Wildman–Crippen MR) is 109 cm³/mol. The van der Waals surface area contributed by atoms with E-state index in [1.54, 1.807) is 14.2 Å². The quantitative estimate of drug-likeness (QED) is 0.234. The molecule has 8 heteroatoms. The molecule has 0 radical (unpaired) electrons. The van der Waals surface area contributed by atoms with Crippen molar-refractivity contribution in [3.8, 4) is 0 Å². The van der Waals surface area contributed by atoms with Crippen molar-refractivity contribution in [3.63, 3.8) is 0 Å². The largest absolute Gasteiger partial charge is 0.383 e. The van der Waals surface area contributed by atoms with E-state index in [2.05, 4.69) is 36.9 Å². The molecule has 0 saturated heterocycles. The normalized spacial score (nSPS) is 10.7. The number of aliphatic imine (C=N–C) groups is 1. The molecule has 0 heterocycles. The standard InChI is InChI=1S/C15H23BrN4O2.HI/c1-11-4-5-12(16)10-13(11)20-14(21)6-7-18-15(17-2)19-8-9-22-3;/h4-5,10H,6-9H2,1-3H3,(H,20,21)(H2,17,18,19);1H. The molecule has 0 aliphatic rings. The van der Waals surface area contributed by atoms with E-state index in [1.165, 1.54) is 0 Å². The van der Waals surface area contributed by atoms with Gasteiger partial charge in [-0.3, -0.25) is 9.79 Å². The average Bonchev–Trinajstić information content (AvgIpc) is 2.49. The van der Waals surface area contributed by atoms with E-state index >= 15 is 0 Å². The highest BCUT2D eigenvalue weighted by atomic mass is 127. The average molecular weight is 499 g/mol. The van der Waals surface area contributed by atoms with Crippen LogP contribution < -0.4 is 16.0 Å². The topological polar surface area (TPSA) is 74.8 Å². The first-order valence-corrected chi connectivity index (χ1v) is 7.85. The zero-order valence-electron chi connectivity index (χ0n) is 13.6. The van der Waals surface area contributed by atoms with Crippen LogP contribution in [-0.2, 0) is 9.53 Å². The van der Waals surface area contributed by atoms with Crippen LogP contribution in [0, 0.1) is 6.92 Å². The number of methoxy groups -OCH3 is 1. The molecule has 0 aromatic heterocycles. The van der Waals surface area contributed by atoms with Crippen LogP contribution >= 0.6 is 39.9 Å². The number of rotatable bonds is 7. The van der Waals surface area contributed by atoms with E-state index in [1.807, 2.05) is 25.1 Å². The summed E-state index contributed by atoms with van der Waals surface area (Å²) in [6, 6.07) is 5.80. The number of hydrogen-bond donors (Lipinski definition) is 3.